The summed E-state index contributed by atoms with van der Waals surface area (Å²) in [5, 5.41) is 30.9. The molecule has 0 unspecified atom stereocenters. The number of nitriles is 1. The van der Waals surface area contributed by atoms with E-state index in [0.29, 0.717) is 35.6 Å². The van der Waals surface area contributed by atoms with Crippen LogP contribution in [0.4, 0.5) is 4.39 Å². The Kier molecular flexibility index (Phi) is 10.6. The van der Waals surface area contributed by atoms with Crippen molar-refractivity contribution in [1.29, 1.82) is 5.26 Å². The van der Waals surface area contributed by atoms with Crippen molar-refractivity contribution >= 4 is 28.8 Å². The van der Waals surface area contributed by atoms with E-state index in [2.05, 4.69) is 14.8 Å². The first kappa shape index (κ1) is 36.0. The van der Waals surface area contributed by atoms with Gasteiger partial charge in [-0.15, -0.1) is 0 Å². The van der Waals surface area contributed by atoms with Gasteiger partial charge in [0.1, 0.15) is 24.3 Å². The van der Waals surface area contributed by atoms with Crippen LogP contribution in [0.5, 0.6) is 5.88 Å². The predicted octanol–water partition coefficient (Wildman–Crippen LogP) is 2.97. The number of carboxylic acid groups (broad SMARTS) is 1. The minimum absolute atomic E-state index is 0.00463. The number of imidazole rings is 1. The molecule has 3 fully saturated rings. The number of aliphatic hydroxyl groups is 1. The lowest BCUT2D eigenvalue weighted by Crippen LogP contribution is -2.45. The Hall–Kier alpha value is -5.43. The molecule has 0 radical (unpaired) electrons. The third-order valence-corrected chi connectivity index (χ3v) is 10.2. The normalized spacial score (nSPS) is 20.5. The summed E-state index contributed by atoms with van der Waals surface area (Å²) in [5.41, 5.74) is 3.36. The average molecular weight is 726 g/mol. The molecule has 3 aliphatic rings. The highest BCUT2D eigenvalue weighted by Gasteiger charge is 2.38. The zero-order chi connectivity index (χ0) is 37.1. The van der Waals surface area contributed by atoms with Gasteiger partial charge in [-0.2, -0.15) is 5.26 Å². The van der Waals surface area contributed by atoms with E-state index in [-0.39, 0.29) is 37.2 Å². The quantitative estimate of drug-likeness (QED) is 0.195. The molecule has 3 N–H and O–H groups in total. The molecule has 0 saturated carbocycles. The van der Waals surface area contributed by atoms with Crippen LogP contribution in [0.25, 0.3) is 11.0 Å². The number of hydrogen-bond donors (Lipinski definition) is 3. The highest BCUT2D eigenvalue weighted by atomic mass is 19.1. The Bertz CT molecular complexity index is 2050. The number of fused-ring (bicyclic) bond motifs is 1. The number of nitrogens with zero attached hydrogens (tertiary/aromatic N) is 6. The number of amides is 2. The van der Waals surface area contributed by atoms with Crippen LogP contribution in [0.15, 0.2) is 54.6 Å². The third kappa shape index (κ3) is 8.15. The van der Waals surface area contributed by atoms with Crippen molar-refractivity contribution in [3.8, 4) is 11.9 Å². The highest BCUT2D eigenvalue weighted by molar-refractivity contribution is 5.99. The van der Waals surface area contributed by atoms with E-state index in [0.717, 1.165) is 60.9 Å². The van der Waals surface area contributed by atoms with E-state index in [1.54, 1.807) is 30.3 Å². The van der Waals surface area contributed by atoms with E-state index >= 15 is 0 Å². The van der Waals surface area contributed by atoms with Gasteiger partial charge in [0.05, 0.1) is 54.5 Å². The monoisotopic (exact) mass is 725 g/mol. The van der Waals surface area contributed by atoms with Crippen LogP contribution in [0.2, 0.25) is 0 Å². The molecule has 0 spiro atoms. The van der Waals surface area contributed by atoms with Gasteiger partial charge in [0.25, 0.3) is 5.91 Å². The molecule has 2 aromatic carbocycles. The number of aromatic nitrogens is 3. The average Bonchev–Trinajstić information content (AvgIpc) is 3.71. The lowest BCUT2D eigenvalue weighted by molar-refractivity contribution is -0.147. The number of aliphatic hydroxyl groups excluding tert-OH is 1. The van der Waals surface area contributed by atoms with E-state index in [9.17, 15) is 29.0 Å². The summed E-state index contributed by atoms with van der Waals surface area (Å²) in [6.07, 6.45) is 1.81. The van der Waals surface area contributed by atoms with Gasteiger partial charge in [-0.1, -0.05) is 12.1 Å². The van der Waals surface area contributed by atoms with Gasteiger partial charge in [-0.25, -0.2) is 19.2 Å². The van der Waals surface area contributed by atoms with Crippen LogP contribution in [0.3, 0.4) is 0 Å². The molecular weight excluding hydrogens is 685 g/mol. The first-order chi connectivity index (χ1) is 25.6. The van der Waals surface area contributed by atoms with Crippen molar-refractivity contribution in [2.75, 3.05) is 32.8 Å². The maximum atomic E-state index is 14.3. The molecule has 7 rings (SSSR count). The number of nitrogens with one attached hydrogen (secondary N) is 1. The van der Waals surface area contributed by atoms with Crippen LogP contribution in [0, 0.1) is 17.1 Å². The molecule has 3 saturated heterocycles. The summed E-state index contributed by atoms with van der Waals surface area (Å²) >= 11 is 0. The number of halogens is 1. The smallest absolute Gasteiger partial charge is 0.326 e. The molecular formula is C38H40FN7O7. The number of benzene rings is 2. The Balaban J connectivity index is 0.979. The zero-order valence-electron chi connectivity index (χ0n) is 29.0. The van der Waals surface area contributed by atoms with Crippen LogP contribution in [0.1, 0.15) is 64.6 Å². The lowest BCUT2D eigenvalue weighted by atomic mass is 9.93. The van der Waals surface area contributed by atoms with Gasteiger partial charge in [0, 0.05) is 48.4 Å². The Morgan fingerprint density at radius 3 is 2.60 bits per heavy atom. The van der Waals surface area contributed by atoms with Crippen molar-refractivity contribution in [3.05, 3.63) is 88.6 Å². The molecule has 0 aliphatic carbocycles. The van der Waals surface area contributed by atoms with Crippen molar-refractivity contribution in [3.63, 3.8) is 0 Å². The molecule has 3 aliphatic heterocycles. The molecule has 15 heteroatoms. The number of carboxylic acids is 1. The van der Waals surface area contributed by atoms with Gasteiger partial charge >= 0.3 is 5.97 Å². The maximum Gasteiger partial charge on any atom is 0.326 e. The van der Waals surface area contributed by atoms with Gasteiger partial charge in [0.15, 0.2) is 0 Å². The number of β-amino-alcohol motifs (C(OH)–C–C–N with tert-alkyl or cyclic N) is 1. The third-order valence-electron chi connectivity index (χ3n) is 10.2. The van der Waals surface area contributed by atoms with Crippen molar-refractivity contribution in [2.45, 2.75) is 69.5 Å². The first-order valence-electron chi connectivity index (χ1n) is 17.7. The van der Waals surface area contributed by atoms with Crippen molar-refractivity contribution in [2.24, 2.45) is 0 Å². The summed E-state index contributed by atoms with van der Waals surface area (Å²) < 4.78 is 28.1. The lowest BCUT2D eigenvalue weighted by Gasteiger charge is -2.32. The van der Waals surface area contributed by atoms with Crippen LogP contribution in [-0.2, 0) is 34.0 Å². The molecule has 14 nitrogen and oxygen atoms in total. The highest BCUT2D eigenvalue weighted by Crippen LogP contribution is 2.30. The number of pyridine rings is 1. The minimum Gasteiger partial charge on any atom is -0.480 e. The van der Waals surface area contributed by atoms with E-state index in [1.165, 1.54) is 6.07 Å². The minimum atomic E-state index is -1.19. The van der Waals surface area contributed by atoms with Crippen LogP contribution >= 0.6 is 0 Å². The first-order valence-corrected chi connectivity index (χ1v) is 17.7. The Morgan fingerprint density at radius 1 is 1.08 bits per heavy atom. The second-order valence-corrected chi connectivity index (χ2v) is 13.8. The van der Waals surface area contributed by atoms with E-state index in [1.807, 2.05) is 24.3 Å². The fraction of sp³-hybridized carbons (Fsp3) is 0.421. The van der Waals surface area contributed by atoms with Gasteiger partial charge < -0.3 is 34.5 Å². The Labute approximate surface area is 304 Å². The standard InChI is InChI=1S/C38H40FN7O7/c39-29-14-23(17-40)4-5-26(29)22-53-35-3-1-2-30(43-35)24-8-11-44(12-9-24)21-34-42-31-15-25(6-7-32(31)45(34)20-28-10-13-52-28)37(49)41-18-36(48)46-19-27(47)16-33(46)38(50)51/h1-7,14-15,24,27-28,33,47H,8-13,16,18-22H2,(H,41,49)(H,50,51)/t27-,28-,33-/m0/s1. The molecule has 5 heterocycles. The number of hydrogen-bond acceptors (Lipinski definition) is 10. The fourth-order valence-corrected chi connectivity index (χ4v) is 7.17. The second-order valence-electron chi connectivity index (χ2n) is 13.8. The van der Waals surface area contributed by atoms with E-state index in [4.69, 9.17) is 24.7 Å². The Morgan fingerprint density at radius 2 is 1.89 bits per heavy atom. The van der Waals surface area contributed by atoms with Gasteiger partial charge in [-0.05, 0) is 68.8 Å². The number of likely N-dealkylation sites (tertiary alicyclic amines) is 2. The topological polar surface area (TPSA) is 183 Å². The predicted molar refractivity (Wildman–Crippen MR) is 187 cm³/mol. The SMILES string of the molecule is N#Cc1ccc(COc2cccc(C3CCN(Cc4nc5cc(C(=O)NCC(=O)N6C[C@@H](O)C[C@H]6C(=O)O)ccc5n4C[C@@H]4CCO4)CC3)n2)c(F)c1. The van der Waals surface area contributed by atoms with Crippen LogP contribution < -0.4 is 10.1 Å². The van der Waals surface area contributed by atoms with Gasteiger partial charge in [0.2, 0.25) is 11.8 Å². The number of rotatable bonds is 12. The summed E-state index contributed by atoms with van der Waals surface area (Å²) in [4.78, 5) is 50.4. The van der Waals surface area contributed by atoms with Crippen LogP contribution in [-0.4, -0.2) is 103 Å². The molecule has 2 amide bonds. The van der Waals surface area contributed by atoms with Gasteiger partial charge in [-0.3, -0.25) is 14.5 Å². The molecule has 2 aromatic heterocycles. The summed E-state index contributed by atoms with van der Waals surface area (Å²) in [7, 11) is 0. The number of aliphatic carboxylic acids is 1. The van der Waals surface area contributed by atoms with E-state index < -0.39 is 42.3 Å². The number of carbonyl (C=O) groups is 3. The largest absolute Gasteiger partial charge is 0.480 e. The second kappa shape index (κ2) is 15.7. The zero-order valence-corrected chi connectivity index (χ0v) is 29.0. The molecule has 4 aromatic rings. The van der Waals surface area contributed by atoms with Crippen molar-refractivity contribution in [1.82, 2.24) is 29.7 Å². The molecule has 53 heavy (non-hydrogen) atoms. The number of ether oxygens (including phenoxy) is 2. The van der Waals surface area contributed by atoms with Crippen molar-refractivity contribution < 1.29 is 38.5 Å². The summed E-state index contributed by atoms with van der Waals surface area (Å²) in [6.45, 7) is 3.11. The maximum absolute atomic E-state index is 14.3. The molecule has 0 bridgehead atoms. The molecule has 276 valence electrons. The number of carbonyl (C=O) groups excluding carboxylic acids is 2. The number of piperidine rings is 1. The summed E-state index contributed by atoms with van der Waals surface area (Å²) in [5.74, 6) is -1.25. The summed E-state index contributed by atoms with van der Waals surface area (Å²) in [6, 6.07) is 16.0. The fourth-order valence-electron chi connectivity index (χ4n) is 7.17. The molecule has 3 atom stereocenters.